The highest BCUT2D eigenvalue weighted by Gasteiger charge is 2.21. The van der Waals surface area contributed by atoms with Crippen LogP contribution in [0.25, 0.3) is 0 Å². The minimum Gasteiger partial charge on any atom is -0.348 e. The molecule has 156 valence electrons. The van der Waals surface area contributed by atoms with E-state index >= 15 is 0 Å². The highest BCUT2D eigenvalue weighted by molar-refractivity contribution is 5.91. The van der Waals surface area contributed by atoms with E-state index in [0.29, 0.717) is 18.7 Å². The van der Waals surface area contributed by atoms with E-state index in [0.717, 1.165) is 43.9 Å². The van der Waals surface area contributed by atoms with E-state index in [-0.39, 0.29) is 17.9 Å². The Bertz CT molecular complexity index is 839. The van der Waals surface area contributed by atoms with Crippen molar-refractivity contribution in [3.05, 3.63) is 47.3 Å². The third-order valence-corrected chi connectivity index (χ3v) is 5.16. The molecule has 0 unspecified atom stereocenters. The normalized spacial score (nSPS) is 15.0. The maximum Gasteiger partial charge on any atom is 0.273 e. The van der Waals surface area contributed by atoms with Crippen LogP contribution >= 0.6 is 0 Å². The maximum absolute atomic E-state index is 12.6. The third-order valence-electron chi connectivity index (χ3n) is 5.16. The maximum atomic E-state index is 12.6. The van der Waals surface area contributed by atoms with Crippen LogP contribution in [0.2, 0.25) is 0 Å². The third kappa shape index (κ3) is 5.87. The van der Waals surface area contributed by atoms with Crippen molar-refractivity contribution in [3.8, 4) is 0 Å². The molecule has 1 N–H and O–H groups in total. The fraction of sp³-hybridized carbons (Fsp3) is 0.524. The Hall–Kier alpha value is -2.74. The van der Waals surface area contributed by atoms with E-state index in [4.69, 9.17) is 0 Å². The van der Waals surface area contributed by atoms with Gasteiger partial charge in [0.2, 0.25) is 5.91 Å². The van der Waals surface area contributed by atoms with Gasteiger partial charge in [0, 0.05) is 38.8 Å². The number of aryl methyl sites for hydroxylation is 1. The summed E-state index contributed by atoms with van der Waals surface area (Å²) in [6.45, 7) is 10.5. The number of aromatic nitrogens is 3. The monoisotopic (exact) mass is 398 g/mol. The minimum absolute atomic E-state index is 0.0671. The quantitative estimate of drug-likeness (QED) is 0.756. The number of hydrogen-bond acceptors (Lipinski definition) is 5. The molecule has 1 saturated heterocycles. The number of carbonyl (C=O) groups is 2. The van der Waals surface area contributed by atoms with E-state index in [9.17, 15) is 9.59 Å². The van der Waals surface area contributed by atoms with Crippen LogP contribution < -0.4 is 5.32 Å². The number of amides is 2. The molecule has 0 saturated carbocycles. The van der Waals surface area contributed by atoms with Crippen LogP contribution in [0.1, 0.15) is 35.5 Å². The molecule has 3 rings (SSSR count). The fourth-order valence-corrected chi connectivity index (χ4v) is 3.40. The lowest BCUT2D eigenvalue weighted by Gasteiger charge is -2.34. The summed E-state index contributed by atoms with van der Waals surface area (Å²) in [7, 11) is 0. The first-order chi connectivity index (χ1) is 13.9. The zero-order chi connectivity index (χ0) is 20.8. The van der Waals surface area contributed by atoms with Crippen molar-refractivity contribution in [3.63, 3.8) is 0 Å². The van der Waals surface area contributed by atoms with Gasteiger partial charge < -0.3 is 10.2 Å². The lowest BCUT2D eigenvalue weighted by Crippen LogP contribution is -2.49. The second kappa shape index (κ2) is 9.65. The zero-order valence-corrected chi connectivity index (χ0v) is 17.5. The topological polar surface area (TPSA) is 83.4 Å². The highest BCUT2D eigenvalue weighted by Crippen LogP contribution is 2.11. The number of carbonyl (C=O) groups excluding carboxylic acids is 2. The van der Waals surface area contributed by atoms with Crippen LogP contribution in [-0.4, -0.2) is 75.4 Å². The van der Waals surface area contributed by atoms with E-state index in [1.807, 2.05) is 49.9 Å². The molecule has 0 aliphatic carbocycles. The van der Waals surface area contributed by atoms with Crippen molar-refractivity contribution in [1.82, 2.24) is 30.1 Å². The summed E-state index contributed by atoms with van der Waals surface area (Å²) in [6, 6.07) is 8.12. The first kappa shape index (κ1) is 21.0. The van der Waals surface area contributed by atoms with Gasteiger partial charge in [-0.1, -0.05) is 29.5 Å². The molecule has 1 aliphatic heterocycles. The van der Waals surface area contributed by atoms with Gasteiger partial charge in [-0.2, -0.15) is 0 Å². The van der Waals surface area contributed by atoms with Crippen molar-refractivity contribution in [2.45, 2.75) is 39.8 Å². The Morgan fingerprint density at radius 3 is 2.52 bits per heavy atom. The van der Waals surface area contributed by atoms with Crippen LogP contribution in [-0.2, 0) is 17.8 Å². The molecule has 1 aromatic carbocycles. The van der Waals surface area contributed by atoms with Crippen LogP contribution in [0.3, 0.4) is 0 Å². The molecule has 8 nitrogen and oxygen atoms in total. The van der Waals surface area contributed by atoms with Gasteiger partial charge in [-0.3, -0.25) is 19.2 Å². The van der Waals surface area contributed by atoms with Crippen LogP contribution in [0.4, 0.5) is 0 Å². The first-order valence-corrected chi connectivity index (χ1v) is 10.2. The van der Waals surface area contributed by atoms with Crippen molar-refractivity contribution >= 4 is 11.8 Å². The van der Waals surface area contributed by atoms with E-state index < -0.39 is 0 Å². The molecule has 8 heteroatoms. The fourth-order valence-electron chi connectivity index (χ4n) is 3.40. The van der Waals surface area contributed by atoms with E-state index in [1.54, 1.807) is 10.9 Å². The molecule has 0 spiro atoms. The van der Waals surface area contributed by atoms with Gasteiger partial charge in [-0.15, -0.1) is 5.10 Å². The Morgan fingerprint density at radius 2 is 1.83 bits per heavy atom. The molecule has 29 heavy (non-hydrogen) atoms. The van der Waals surface area contributed by atoms with Crippen LogP contribution in [0, 0.1) is 6.92 Å². The Labute approximate surface area is 171 Å². The average molecular weight is 399 g/mol. The summed E-state index contributed by atoms with van der Waals surface area (Å²) in [5.74, 6) is -0.0111. The Kier molecular flexibility index (Phi) is 6.98. The predicted molar refractivity (Wildman–Crippen MR) is 111 cm³/mol. The summed E-state index contributed by atoms with van der Waals surface area (Å²) in [5.41, 5.74) is 2.60. The van der Waals surface area contributed by atoms with Crippen LogP contribution in [0.15, 0.2) is 30.5 Å². The first-order valence-electron chi connectivity index (χ1n) is 10.2. The summed E-state index contributed by atoms with van der Waals surface area (Å²) in [4.78, 5) is 28.8. The zero-order valence-electron chi connectivity index (χ0n) is 17.5. The van der Waals surface area contributed by atoms with Gasteiger partial charge in [0.1, 0.15) is 0 Å². The molecule has 1 fully saturated rings. The Morgan fingerprint density at radius 1 is 1.10 bits per heavy atom. The molecule has 0 radical (unpaired) electrons. The largest absolute Gasteiger partial charge is 0.348 e. The predicted octanol–water partition coefficient (Wildman–Crippen LogP) is 1.11. The molecule has 2 amide bonds. The summed E-state index contributed by atoms with van der Waals surface area (Å²) in [5, 5.41) is 10.8. The van der Waals surface area contributed by atoms with Gasteiger partial charge in [0.25, 0.3) is 5.91 Å². The highest BCUT2D eigenvalue weighted by atomic mass is 16.2. The number of hydrogen-bond donors (Lipinski definition) is 1. The van der Waals surface area contributed by atoms with Crippen molar-refractivity contribution in [1.29, 1.82) is 0 Å². The Balaban J connectivity index is 1.42. The molecular weight excluding hydrogens is 368 g/mol. The molecule has 0 atom stereocenters. The minimum atomic E-state index is -0.202. The van der Waals surface area contributed by atoms with Crippen molar-refractivity contribution in [2.24, 2.45) is 0 Å². The lowest BCUT2D eigenvalue weighted by molar-refractivity contribution is -0.132. The number of rotatable bonds is 7. The summed E-state index contributed by atoms with van der Waals surface area (Å²) in [6.07, 6.45) is 2.15. The van der Waals surface area contributed by atoms with E-state index in [2.05, 4.69) is 20.5 Å². The van der Waals surface area contributed by atoms with Gasteiger partial charge in [0.05, 0.1) is 19.2 Å². The SMILES string of the molecule is Cc1ccccc1CC(=O)N1CCN(CCn2cc(C(=O)NC(C)C)nn2)CC1. The molecular formula is C21H30N6O2. The summed E-state index contributed by atoms with van der Waals surface area (Å²) >= 11 is 0. The number of nitrogens with one attached hydrogen (secondary N) is 1. The van der Waals surface area contributed by atoms with Gasteiger partial charge in [-0.25, -0.2) is 0 Å². The number of benzene rings is 1. The van der Waals surface area contributed by atoms with Gasteiger partial charge >= 0.3 is 0 Å². The van der Waals surface area contributed by atoms with Crippen molar-refractivity contribution in [2.75, 3.05) is 32.7 Å². The standard InChI is InChI=1S/C21H30N6O2/c1-16(2)22-21(29)19-15-27(24-23-19)13-10-25-8-11-26(12-9-25)20(28)14-18-7-5-4-6-17(18)3/h4-7,15-16H,8-14H2,1-3H3,(H,22,29). The molecule has 1 aliphatic rings. The lowest BCUT2D eigenvalue weighted by atomic mass is 10.1. The molecule has 0 bridgehead atoms. The molecule has 2 aromatic rings. The van der Waals surface area contributed by atoms with Gasteiger partial charge in [0.15, 0.2) is 5.69 Å². The van der Waals surface area contributed by atoms with Crippen molar-refractivity contribution < 1.29 is 9.59 Å². The van der Waals surface area contributed by atoms with Crippen LogP contribution in [0.5, 0.6) is 0 Å². The average Bonchev–Trinajstić information content (AvgIpc) is 3.17. The summed E-state index contributed by atoms with van der Waals surface area (Å²) < 4.78 is 1.70. The molecule has 1 aromatic heterocycles. The van der Waals surface area contributed by atoms with E-state index in [1.165, 1.54) is 0 Å². The smallest absolute Gasteiger partial charge is 0.273 e. The van der Waals surface area contributed by atoms with Gasteiger partial charge in [-0.05, 0) is 31.9 Å². The number of piperazine rings is 1. The second-order valence-electron chi connectivity index (χ2n) is 7.82. The number of nitrogens with zero attached hydrogens (tertiary/aromatic N) is 5. The second-order valence-corrected chi connectivity index (χ2v) is 7.82. The molecule has 2 heterocycles.